The van der Waals surface area contributed by atoms with E-state index in [1.54, 1.807) is 30.1 Å². The molecule has 0 aromatic heterocycles. The number of benzene rings is 3. The zero-order chi connectivity index (χ0) is 22.1. The summed E-state index contributed by atoms with van der Waals surface area (Å²) in [6.07, 6.45) is -0.0761. The van der Waals surface area contributed by atoms with Gasteiger partial charge in [-0.2, -0.15) is 0 Å². The highest BCUT2D eigenvalue weighted by Gasteiger charge is 2.29. The minimum Gasteiger partial charge on any atom is -0.486 e. The Balaban J connectivity index is 1.30. The molecular weight excluding hydrogens is 406 g/mol. The largest absolute Gasteiger partial charge is 0.486 e. The minimum absolute atomic E-state index is 0.134. The van der Waals surface area contributed by atoms with Crippen molar-refractivity contribution in [3.05, 3.63) is 95.1 Å². The molecule has 3 aromatic rings. The number of nitrogens with zero attached hydrogens (tertiary/aromatic N) is 1. The summed E-state index contributed by atoms with van der Waals surface area (Å²) in [4.78, 5) is 27.2. The maximum absolute atomic E-state index is 13.1. The second-order valence-electron chi connectivity index (χ2n) is 8.06. The molecule has 6 heteroatoms. The van der Waals surface area contributed by atoms with Crippen molar-refractivity contribution in [2.75, 3.05) is 20.2 Å². The fourth-order valence-corrected chi connectivity index (χ4v) is 4.14. The molecule has 0 radical (unpaired) electrons. The van der Waals surface area contributed by atoms with E-state index in [9.17, 15) is 9.59 Å². The average Bonchev–Trinajstić information content (AvgIpc) is 2.83. The molecule has 2 aliphatic heterocycles. The number of fused-ring (bicyclic) bond motifs is 2. The molecule has 5 rings (SSSR count). The third-order valence-corrected chi connectivity index (χ3v) is 5.79. The first-order valence-corrected chi connectivity index (χ1v) is 10.6. The number of cyclic esters (lactones) is 1. The second-order valence-corrected chi connectivity index (χ2v) is 8.06. The van der Waals surface area contributed by atoms with Gasteiger partial charge in [0.2, 0.25) is 0 Å². The van der Waals surface area contributed by atoms with E-state index in [2.05, 4.69) is 0 Å². The van der Waals surface area contributed by atoms with E-state index in [0.29, 0.717) is 42.2 Å². The molecule has 2 atom stereocenters. The van der Waals surface area contributed by atoms with E-state index in [1.165, 1.54) is 0 Å². The van der Waals surface area contributed by atoms with E-state index in [-0.39, 0.29) is 24.1 Å². The summed E-state index contributed by atoms with van der Waals surface area (Å²) >= 11 is 0. The third kappa shape index (κ3) is 3.91. The predicted molar refractivity (Wildman–Crippen MR) is 118 cm³/mol. The Morgan fingerprint density at radius 1 is 0.969 bits per heavy atom. The molecule has 2 aliphatic rings. The van der Waals surface area contributed by atoms with Gasteiger partial charge < -0.3 is 19.1 Å². The molecule has 3 aromatic carbocycles. The molecule has 0 saturated carbocycles. The van der Waals surface area contributed by atoms with Crippen molar-refractivity contribution in [1.82, 2.24) is 4.90 Å². The zero-order valence-corrected chi connectivity index (χ0v) is 17.7. The van der Waals surface area contributed by atoms with Crippen molar-refractivity contribution in [2.45, 2.75) is 18.6 Å². The number of para-hydroxylation sites is 2. The SMILES string of the molecule is CN(C[C@H]1COc2ccccc2O1)C(=O)c1ccc2c(c1)C[C@H](c1ccccc1)OC2=O. The number of esters is 1. The van der Waals surface area contributed by atoms with Crippen molar-refractivity contribution in [1.29, 1.82) is 0 Å². The zero-order valence-electron chi connectivity index (χ0n) is 17.7. The standard InChI is InChI=1S/C26H23NO5/c1-27(15-20-16-30-22-9-5-6-10-23(22)31-20)25(28)18-11-12-21-19(13-18)14-24(32-26(21)29)17-7-3-2-4-8-17/h2-13,20,24H,14-16H2,1H3/t20-,24+/m0/s1. The first-order valence-electron chi connectivity index (χ1n) is 10.6. The van der Waals surface area contributed by atoms with Gasteiger partial charge in [0.15, 0.2) is 17.6 Å². The Labute approximate surface area is 186 Å². The number of rotatable bonds is 4. The van der Waals surface area contributed by atoms with Crippen LogP contribution in [0.2, 0.25) is 0 Å². The number of carbonyl (C=O) groups is 2. The molecule has 0 unspecified atom stereocenters. The van der Waals surface area contributed by atoms with Crippen molar-refractivity contribution in [3.63, 3.8) is 0 Å². The fourth-order valence-electron chi connectivity index (χ4n) is 4.14. The smallest absolute Gasteiger partial charge is 0.339 e. The minimum atomic E-state index is -0.362. The summed E-state index contributed by atoms with van der Waals surface area (Å²) in [5.74, 6) is 0.903. The molecule has 0 aliphatic carbocycles. The lowest BCUT2D eigenvalue weighted by atomic mass is 9.93. The van der Waals surface area contributed by atoms with Crippen LogP contribution in [0, 0.1) is 0 Å². The van der Waals surface area contributed by atoms with E-state index >= 15 is 0 Å². The normalized spacial score (nSPS) is 19.0. The first-order chi connectivity index (χ1) is 15.6. The fraction of sp³-hybridized carbons (Fsp3) is 0.231. The van der Waals surface area contributed by atoms with Crippen LogP contribution in [0.3, 0.4) is 0 Å². The van der Waals surface area contributed by atoms with E-state index in [4.69, 9.17) is 14.2 Å². The van der Waals surface area contributed by atoms with E-state index in [0.717, 1.165) is 11.1 Å². The molecule has 1 amide bonds. The van der Waals surface area contributed by atoms with Gasteiger partial charge >= 0.3 is 5.97 Å². The molecule has 0 fully saturated rings. The highest BCUT2D eigenvalue weighted by atomic mass is 16.6. The monoisotopic (exact) mass is 429 g/mol. The Morgan fingerprint density at radius 3 is 2.53 bits per heavy atom. The van der Waals surface area contributed by atoms with Crippen LogP contribution in [-0.4, -0.2) is 43.1 Å². The maximum Gasteiger partial charge on any atom is 0.339 e. The van der Waals surface area contributed by atoms with Gasteiger partial charge in [-0.3, -0.25) is 4.79 Å². The molecule has 0 N–H and O–H groups in total. The van der Waals surface area contributed by atoms with Gasteiger partial charge in [-0.25, -0.2) is 4.79 Å². The van der Waals surface area contributed by atoms with Gasteiger partial charge in [0.25, 0.3) is 5.91 Å². The molecule has 0 saturated heterocycles. The molecule has 6 nitrogen and oxygen atoms in total. The molecule has 0 spiro atoms. The number of hydrogen-bond donors (Lipinski definition) is 0. The van der Waals surface area contributed by atoms with Crippen LogP contribution in [0.1, 0.15) is 37.9 Å². The lowest BCUT2D eigenvalue weighted by molar-refractivity contribution is 0.0252. The molecule has 0 bridgehead atoms. The number of carbonyl (C=O) groups excluding carboxylic acids is 2. The summed E-state index contributed by atoms with van der Waals surface area (Å²) in [7, 11) is 1.74. The summed E-state index contributed by atoms with van der Waals surface area (Å²) < 4.78 is 17.3. The number of ether oxygens (including phenoxy) is 3. The van der Waals surface area contributed by atoms with Gasteiger partial charge in [-0.15, -0.1) is 0 Å². The lowest BCUT2D eigenvalue weighted by Crippen LogP contribution is -2.41. The van der Waals surface area contributed by atoms with Crippen molar-refractivity contribution < 1.29 is 23.8 Å². The quantitative estimate of drug-likeness (QED) is 0.586. The first kappa shape index (κ1) is 20.1. The van der Waals surface area contributed by atoms with Gasteiger partial charge in [0.1, 0.15) is 12.7 Å². The average molecular weight is 429 g/mol. The van der Waals surface area contributed by atoms with Crippen molar-refractivity contribution in [2.24, 2.45) is 0 Å². The van der Waals surface area contributed by atoms with E-state index < -0.39 is 0 Å². The Kier molecular flexibility index (Phi) is 5.27. The predicted octanol–water partition coefficient (Wildman–Crippen LogP) is 4.05. The Bertz CT molecular complexity index is 1160. The van der Waals surface area contributed by atoms with Crippen molar-refractivity contribution >= 4 is 11.9 Å². The Hall–Kier alpha value is -3.80. The van der Waals surface area contributed by atoms with Gasteiger partial charge in [0.05, 0.1) is 12.1 Å². The van der Waals surface area contributed by atoms with Crippen molar-refractivity contribution in [3.8, 4) is 11.5 Å². The molecular formula is C26H23NO5. The topological polar surface area (TPSA) is 65.1 Å². The summed E-state index contributed by atoms with van der Waals surface area (Å²) in [5, 5.41) is 0. The maximum atomic E-state index is 13.1. The van der Waals surface area contributed by atoms with Crippen LogP contribution in [-0.2, 0) is 11.2 Å². The van der Waals surface area contributed by atoms with Gasteiger partial charge in [0, 0.05) is 19.0 Å². The van der Waals surface area contributed by atoms with Crippen LogP contribution in [0.15, 0.2) is 72.8 Å². The molecule has 2 heterocycles. The van der Waals surface area contributed by atoms with Gasteiger partial charge in [-0.1, -0.05) is 42.5 Å². The van der Waals surface area contributed by atoms with Crippen LogP contribution < -0.4 is 9.47 Å². The summed E-state index contributed by atoms with van der Waals surface area (Å²) in [5.41, 5.74) is 2.80. The molecule has 162 valence electrons. The lowest BCUT2D eigenvalue weighted by Gasteiger charge is -2.30. The summed E-state index contributed by atoms with van der Waals surface area (Å²) in [6.45, 7) is 0.766. The highest BCUT2D eigenvalue weighted by molar-refractivity contribution is 5.97. The number of amides is 1. The van der Waals surface area contributed by atoms with Crippen LogP contribution in [0.4, 0.5) is 0 Å². The van der Waals surface area contributed by atoms with Crippen LogP contribution in [0.25, 0.3) is 0 Å². The Morgan fingerprint density at radius 2 is 1.72 bits per heavy atom. The number of hydrogen-bond acceptors (Lipinski definition) is 5. The number of likely N-dealkylation sites (N-methyl/N-ethyl adjacent to an activating group) is 1. The highest BCUT2D eigenvalue weighted by Crippen LogP contribution is 2.32. The second kappa shape index (κ2) is 8.38. The van der Waals surface area contributed by atoms with Crippen LogP contribution in [0.5, 0.6) is 11.5 Å². The van der Waals surface area contributed by atoms with E-state index in [1.807, 2.05) is 54.6 Å². The molecule has 32 heavy (non-hydrogen) atoms. The van der Waals surface area contributed by atoms with Gasteiger partial charge in [-0.05, 0) is 41.5 Å². The third-order valence-electron chi connectivity index (χ3n) is 5.79. The summed E-state index contributed by atoms with van der Waals surface area (Å²) in [6, 6.07) is 22.3. The van der Waals surface area contributed by atoms with Crippen LogP contribution >= 0.6 is 0 Å².